The summed E-state index contributed by atoms with van der Waals surface area (Å²) in [6.07, 6.45) is 0. The third kappa shape index (κ3) is 5.78. The van der Waals surface area contributed by atoms with Gasteiger partial charge < -0.3 is 18.9 Å². The molecule has 4 rings (SSSR count). The number of esters is 1. The molecule has 1 aromatic heterocycles. The lowest BCUT2D eigenvalue weighted by atomic mass is 10.1. The van der Waals surface area contributed by atoms with E-state index in [4.69, 9.17) is 31.2 Å². The van der Waals surface area contributed by atoms with E-state index < -0.39 is 17.8 Å². The molecule has 0 atom stereocenters. The largest absolute Gasteiger partial charge is 0.484 e. The van der Waals surface area contributed by atoms with Gasteiger partial charge >= 0.3 is 5.97 Å². The summed E-state index contributed by atoms with van der Waals surface area (Å²) in [6.45, 7) is 2.04. The van der Waals surface area contributed by atoms with Crippen LogP contribution in [-0.2, 0) is 9.53 Å². The van der Waals surface area contributed by atoms with Crippen molar-refractivity contribution >= 4 is 57.2 Å². The first kappa shape index (κ1) is 24.2. The van der Waals surface area contributed by atoms with Crippen LogP contribution >= 0.6 is 23.6 Å². The van der Waals surface area contributed by atoms with Crippen LogP contribution in [-0.4, -0.2) is 49.3 Å². The average Bonchev–Trinajstić information content (AvgIpc) is 3.26. The SMILES string of the molecule is CCOC(=O)c1sc(C(=O)NC(=S)NNC(=O)COc2ccc3ccccc3c2)c2c1OCCO2. The first-order valence-corrected chi connectivity index (χ1v) is 11.8. The molecule has 0 radical (unpaired) electrons. The zero-order valence-corrected chi connectivity index (χ0v) is 20.2. The van der Waals surface area contributed by atoms with Crippen molar-refractivity contribution in [1.29, 1.82) is 0 Å². The van der Waals surface area contributed by atoms with E-state index in [1.807, 2.05) is 36.4 Å². The Kier molecular flexibility index (Phi) is 7.63. The third-order valence-electron chi connectivity index (χ3n) is 4.70. The van der Waals surface area contributed by atoms with Gasteiger partial charge in [0.2, 0.25) is 0 Å². The van der Waals surface area contributed by atoms with E-state index in [9.17, 15) is 14.4 Å². The van der Waals surface area contributed by atoms with Crippen LogP contribution in [0.25, 0.3) is 10.8 Å². The molecule has 1 aliphatic rings. The second kappa shape index (κ2) is 11.0. The molecule has 0 bridgehead atoms. The van der Waals surface area contributed by atoms with Gasteiger partial charge in [-0.3, -0.25) is 25.8 Å². The molecular weight excluding hydrogens is 494 g/mol. The number of thiocarbonyl (C=S) groups is 1. The Labute approximate surface area is 209 Å². The van der Waals surface area contributed by atoms with Crippen molar-refractivity contribution in [3.05, 3.63) is 52.2 Å². The molecule has 12 heteroatoms. The van der Waals surface area contributed by atoms with E-state index in [0.29, 0.717) is 5.75 Å². The number of amides is 2. The van der Waals surface area contributed by atoms with Crippen LogP contribution in [0.2, 0.25) is 0 Å². The molecule has 2 amide bonds. The van der Waals surface area contributed by atoms with Crippen molar-refractivity contribution in [2.75, 3.05) is 26.4 Å². The summed E-state index contributed by atoms with van der Waals surface area (Å²) < 4.78 is 21.6. The average molecular weight is 516 g/mol. The van der Waals surface area contributed by atoms with Gasteiger partial charge in [0.1, 0.15) is 23.8 Å². The third-order valence-corrected chi connectivity index (χ3v) is 6.03. The van der Waals surface area contributed by atoms with Crippen LogP contribution in [0.1, 0.15) is 26.3 Å². The minimum absolute atomic E-state index is 0.0952. The van der Waals surface area contributed by atoms with Crippen molar-refractivity contribution in [2.24, 2.45) is 0 Å². The lowest BCUT2D eigenvalue weighted by Crippen LogP contribution is -2.49. The monoisotopic (exact) mass is 515 g/mol. The Hall–Kier alpha value is -3.90. The van der Waals surface area contributed by atoms with Crippen LogP contribution in [0.5, 0.6) is 17.2 Å². The fourth-order valence-electron chi connectivity index (χ4n) is 3.19. The van der Waals surface area contributed by atoms with Crippen LogP contribution in [0, 0.1) is 0 Å². The van der Waals surface area contributed by atoms with Gasteiger partial charge in [-0.15, -0.1) is 11.3 Å². The summed E-state index contributed by atoms with van der Waals surface area (Å²) in [6, 6.07) is 13.3. The van der Waals surface area contributed by atoms with Crippen molar-refractivity contribution in [1.82, 2.24) is 16.2 Å². The zero-order chi connectivity index (χ0) is 24.8. The minimum Gasteiger partial charge on any atom is -0.484 e. The first-order valence-electron chi connectivity index (χ1n) is 10.6. The van der Waals surface area contributed by atoms with E-state index >= 15 is 0 Å². The number of ether oxygens (including phenoxy) is 4. The number of hydrazine groups is 1. The smallest absolute Gasteiger partial charge is 0.352 e. The van der Waals surface area contributed by atoms with Gasteiger partial charge in [0.15, 0.2) is 28.1 Å². The highest BCUT2D eigenvalue weighted by atomic mass is 32.1. The molecule has 0 saturated heterocycles. The number of thiophene rings is 1. The van der Waals surface area contributed by atoms with E-state index in [1.54, 1.807) is 13.0 Å². The van der Waals surface area contributed by atoms with Crippen molar-refractivity contribution < 1.29 is 33.3 Å². The number of carbonyl (C=O) groups is 3. The van der Waals surface area contributed by atoms with Crippen LogP contribution < -0.4 is 30.4 Å². The topological polar surface area (TPSA) is 124 Å². The predicted molar refractivity (Wildman–Crippen MR) is 132 cm³/mol. The Balaban J connectivity index is 1.30. The van der Waals surface area contributed by atoms with Crippen molar-refractivity contribution in [3.63, 3.8) is 0 Å². The Bertz CT molecular complexity index is 1290. The number of benzene rings is 2. The van der Waals surface area contributed by atoms with Crippen LogP contribution in [0.3, 0.4) is 0 Å². The van der Waals surface area contributed by atoms with Crippen molar-refractivity contribution in [2.45, 2.75) is 6.92 Å². The molecule has 10 nitrogen and oxygen atoms in total. The van der Waals surface area contributed by atoms with Crippen LogP contribution in [0.15, 0.2) is 42.5 Å². The second-order valence-corrected chi connectivity index (χ2v) is 8.52. The van der Waals surface area contributed by atoms with Gasteiger partial charge in [0.25, 0.3) is 11.8 Å². The molecule has 35 heavy (non-hydrogen) atoms. The standard InChI is InChI=1S/C23H21N3O7S2/c1-2-30-22(29)20-18-17(31-9-10-32-18)19(35-20)21(28)24-23(34)26-25-16(27)12-33-15-8-7-13-5-3-4-6-14(13)11-15/h3-8,11H,2,9-10,12H2,1H3,(H,25,27)(H2,24,26,28,34). The summed E-state index contributed by atoms with van der Waals surface area (Å²) in [5.74, 6) is -0.897. The van der Waals surface area contributed by atoms with E-state index in [2.05, 4.69) is 16.2 Å². The number of rotatable bonds is 6. The Morgan fingerprint density at radius 1 is 1.00 bits per heavy atom. The molecular formula is C23H21N3O7S2. The van der Waals surface area contributed by atoms with E-state index in [0.717, 1.165) is 22.1 Å². The fourth-order valence-corrected chi connectivity index (χ4v) is 4.31. The van der Waals surface area contributed by atoms with Gasteiger partial charge in [0, 0.05) is 0 Å². The molecule has 0 spiro atoms. The lowest BCUT2D eigenvalue weighted by Gasteiger charge is -2.17. The van der Waals surface area contributed by atoms with Crippen LogP contribution in [0.4, 0.5) is 0 Å². The number of fused-ring (bicyclic) bond motifs is 2. The molecule has 3 aromatic rings. The summed E-state index contributed by atoms with van der Waals surface area (Å²) in [5.41, 5.74) is 4.79. The number of nitrogens with one attached hydrogen (secondary N) is 3. The lowest BCUT2D eigenvalue weighted by molar-refractivity contribution is -0.123. The first-order chi connectivity index (χ1) is 17.0. The summed E-state index contributed by atoms with van der Waals surface area (Å²) >= 11 is 5.95. The number of hydrogen-bond acceptors (Lipinski definition) is 9. The maximum Gasteiger partial charge on any atom is 0.352 e. The highest BCUT2D eigenvalue weighted by Gasteiger charge is 2.32. The molecule has 0 unspecified atom stereocenters. The molecule has 1 aliphatic heterocycles. The van der Waals surface area contributed by atoms with Gasteiger partial charge in [0.05, 0.1) is 6.61 Å². The zero-order valence-electron chi connectivity index (χ0n) is 18.5. The molecule has 2 heterocycles. The van der Waals surface area contributed by atoms with Gasteiger partial charge in [-0.1, -0.05) is 30.3 Å². The Morgan fingerprint density at radius 2 is 1.71 bits per heavy atom. The molecule has 0 saturated carbocycles. The molecule has 3 N–H and O–H groups in total. The maximum atomic E-state index is 12.7. The van der Waals surface area contributed by atoms with E-state index in [1.165, 1.54) is 0 Å². The summed E-state index contributed by atoms with van der Waals surface area (Å²) in [7, 11) is 0. The van der Waals surface area contributed by atoms with Gasteiger partial charge in [-0.2, -0.15) is 0 Å². The minimum atomic E-state index is -0.633. The number of hydrogen-bond donors (Lipinski definition) is 3. The fraction of sp³-hybridized carbons (Fsp3) is 0.217. The quantitative estimate of drug-likeness (QED) is 0.258. The molecule has 182 valence electrons. The van der Waals surface area contributed by atoms with E-state index in [-0.39, 0.29) is 52.8 Å². The highest BCUT2D eigenvalue weighted by Crippen LogP contribution is 2.44. The second-order valence-electron chi connectivity index (χ2n) is 7.09. The number of carbonyl (C=O) groups excluding carboxylic acids is 3. The summed E-state index contributed by atoms with van der Waals surface area (Å²) in [4.78, 5) is 37.3. The molecule has 0 fully saturated rings. The maximum absolute atomic E-state index is 12.7. The highest BCUT2D eigenvalue weighted by molar-refractivity contribution is 7.80. The summed E-state index contributed by atoms with van der Waals surface area (Å²) in [5, 5.41) is 4.32. The normalized spacial score (nSPS) is 11.9. The van der Waals surface area contributed by atoms with Crippen molar-refractivity contribution in [3.8, 4) is 17.2 Å². The van der Waals surface area contributed by atoms with Gasteiger partial charge in [-0.05, 0) is 42.0 Å². The predicted octanol–water partition coefficient (Wildman–Crippen LogP) is 2.56. The molecule has 2 aromatic carbocycles. The molecule has 0 aliphatic carbocycles. The Morgan fingerprint density at radius 3 is 2.46 bits per heavy atom. The van der Waals surface area contributed by atoms with Gasteiger partial charge in [-0.25, -0.2) is 4.79 Å².